The van der Waals surface area contributed by atoms with Crippen molar-refractivity contribution in [2.45, 2.75) is 0 Å². The summed E-state index contributed by atoms with van der Waals surface area (Å²) in [5, 5.41) is 3.13. The molecule has 0 saturated heterocycles. The van der Waals surface area contributed by atoms with Crippen molar-refractivity contribution in [1.29, 1.82) is 0 Å². The van der Waals surface area contributed by atoms with Crippen molar-refractivity contribution in [2.75, 3.05) is 0 Å². The third-order valence-corrected chi connectivity index (χ3v) is 2.10. The van der Waals surface area contributed by atoms with E-state index in [0.29, 0.717) is 0 Å². The van der Waals surface area contributed by atoms with E-state index >= 15 is 0 Å². The quantitative estimate of drug-likeness (QED) is 0.671. The van der Waals surface area contributed by atoms with E-state index in [2.05, 4.69) is 33.2 Å². The van der Waals surface area contributed by atoms with Gasteiger partial charge in [0.1, 0.15) is 0 Å². The molecule has 0 aliphatic rings. The van der Waals surface area contributed by atoms with Gasteiger partial charge >= 0.3 is 0 Å². The predicted molar refractivity (Wildman–Crippen MR) is 45.0 cm³/mol. The zero-order chi connectivity index (χ0) is 7.14. The normalized spacial score (nSPS) is 11.0. The molecule has 1 aromatic heterocycles. The van der Waals surface area contributed by atoms with Gasteiger partial charge in [-0.05, 0) is 18.2 Å². The minimum Gasteiger partial charge on any atom is -0.296 e. The number of hydrogen-bond acceptors (Lipinski definition) is 0. The first-order valence-electron chi connectivity index (χ1n) is 3.07. The van der Waals surface area contributed by atoms with Gasteiger partial charge in [0.15, 0.2) is 0 Å². The van der Waals surface area contributed by atoms with Crippen LogP contribution in [0.2, 0.25) is 0 Å². The minimum absolute atomic E-state index is 1.12. The molecule has 0 unspecified atom stereocenters. The van der Waals surface area contributed by atoms with Crippen molar-refractivity contribution < 1.29 is 0 Å². The number of benzene rings is 1. The van der Waals surface area contributed by atoms with Crippen molar-refractivity contribution in [1.82, 2.24) is 9.78 Å². The third-order valence-electron chi connectivity index (χ3n) is 1.61. The molecule has 0 atom stereocenters. The molecule has 1 heterocycles. The molecule has 0 bridgehead atoms. The topological polar surface area (TPSA) is 20.7 Å². The van der Waals surface area contributed by atoms with Crippen LogP contribution in [-0.2, 0) is 7.05 Å². The van der Waals surface area contributed by atoms with Crippen molar-refractivity contribution in [3.8, 4) is 0 Å². The number of aryl methyl sites for hydroxylation is 1. The fourth-order valence-electron chi connectivity index (χ4n) is 1.06. The molecule has 0 fully saturated rings. The maximum Gasteiger partial charge on any atom is 0.0829 e. The van der Waals surface area contributed by atoms with Crippen molar-refractivity contribution >= 4 is 27.0 Å². The summed E-state index contributed by atoms with van der Waals surface area (Å²) in [6.45, 7) is 0. The highest BCUT2D eigenvalue weighted by atomic mass is 79.9. The first-order chi connectivity index (χ1) is 4.77. The first-order valence-corrected chi connectivity index (χ1v) is 3.86. The monoisotopic (exact) mass is 198 g/mol. The van der Waals surface area contributed by atoms with E-state index in [1.165, 1.54) is 11.0 Å². The summed E-state index contributed by atoms with van der Waals surface area (Å²) in [6, 6.07) is 6.17. The Kier molecular flexibility index (Phi) is 1.14. The van der Waals surface area contributed by atoms with Gasteiger partial charge in [-0.3, -0.25) is 9.78 Å². The Balaban J connectivity index is 2.75. The zero-order valence-electron chi connectivity index (χ0n) is 5.56. The van der Waals surface area contributed by atoms with Crippen LogP contribution in [-0.4, -0.2) is 9.78 Å². The van der Waals surface area contributed by atoms with E-state index in [1.54, 1.807) is 0 Å². The zero-order valence-corrected chi connectivity index (χ0v) is 7.14. The Bertz CT molecular complexity index is 355. The number of nitrogens with one attached hydrogen (secondary N) is 1. The smallest absolute Gasteiger partial charge is 0.0829 e. The molecule has 0 aliphatic heterocycles. The number of aromatic amines is 1. The molecule has 0 spiro atoms. The van der Waals surface area contributed by atoms with Gasteiger partial charge in [-0.1, -0.05) is 15.9 Å². The van der Waals surface area contributed by atoms with Gasteiger partial charge in [0, 0.05) is 11.5 Å². The third kappa shape index (κ3) is 0.703. The summed E-state index contributed by atoms with van der Waals surface area (Å²) in [5.41, 5.74) is 2.44. The fraction of sp³-hybridized carbons (Fsp3) is 0.143. The molecule has 0 saturated carbocycles. The molecule has 0 aliphatic carbocycles. The van der Waals surface area contributed by atoms with Gasteiger partial charge in [0.25, 0.3) is 0 Å². The van der Waals surface area contributed by atoms with Gasteiger partial charge in [-0.2, -0.15) is 0 Å². The highest BCUT2D eigenvalue weighted by molar-refractivity contribution is 9.10. The first kappa shape index (κ1) is 6.04. The van der Waals surface area contributed by atoms with Crippen LogP contribution in [0.25, 0.3) is 11.0 Å². The van der Waals surface area contributed by atoms with Crippen molar-refractivity contribution in [3.63, 3.8) is 0 Å². The number of hydrogen-bond donors (Lipinski definition) is 1. The van der Waals surface area contributed by atoms with Gasteiger partial charge in [0.05, 0.1) is 11.0 Å². The maximum absolute atomic E-state index is 3.40. The average Bonchev–Trinajstić information content (AvgIpc) is 1.92. The number of fused-ring (bicyclic) bond motifs is 1. The van der Waals surface area contributed by atoms with Crippen LogP contribution < -0.4 is 0 Å². The van der Waals surface area contributed by atoms with E-state index in [4.69, 9.17) is 0 Å². The van der Waals surface area contributed by atoms with Crippen LogP contribution in [0, 0.1) is 0 Å². The van der Waals surface area contributed by atoms with E-state index in [0.717, 1.165) is 4.47 Å². The molecule has 1 N–H and O–H groups in total. The number of nitrogens with zero attached hydrogens (tertiary/aromatic N) is 1. The highest BCUT2D eigenvalue weighted by Gasteiger charge is 1.99. The van der Waals surface area contributed by atoms with E-state index < -0.39 is 0 Å². The Morgan fingerprint density at radius 3 is 2.90 bits per heavy atom. The summed E-state index contributed by atoms with van der Waals surface area (Å²) < 4.78 is 3.11. The lowest BCUT2D eigenvalue weighted by atomic mass is 10.3. The van der Waals surface area contributed by atoms with Gasteiger partial charge < -0.3 is 0 Å². The van der Waals surface area contributed by atoms with Crippen LogP contribution >= 0.6 is 15.9 Å². The molecule has 10 heavy (non-hydrogen) atoms. The molecule has 0 radical (unpaired) electrons. The van der Waals surface area contributed by atoms with Gasteiger partial charge in [0.2, 0.25) is 0 Å². The SMILES string of the molecule is Cn1[nH]c2ccc(Br)cc21. The summed E-state index contributed by atoms with van der Waals surface area (Å²) in [6.07, 6.45) is 0. The standard InChI is InChI=1S/C7H7BrN2/c1-10-7-4-5(8)2-3-6(7)9-10/h2-4,9H,1H3. The Morgan fingerprint density at radius 2 is 2.30 bits per heavy atom. The van der Waals surface area contributed by atoms with Crippen LogP contribution in [0.15, 0.2) is 22.7 Å². The van der Waals surface area contributed by atoms with Gasteiger partial charge in [-0.25, -0.2) is 0 Å². The molecule has 3 heteroatoms. The van der Waals surface area contributed by atoms with Crippen LogP contribution in [0.3, 0.4) is 0 Å². The van der Waals surface area contributed by atoms with E-state index in [9.17, 15) is 0 Å². The minimum atomic E-state index is 1.12. The predicted octanol–water partition coefficient (Wildman–Crippen LogP) is 2.27. The van der Waals surface area contributed by atoms with Crippen LogP contribution in [0.1, 0.15) is 0 Å². The summed E-state index contributed by atoms with van der Waals surface area (Å²) in [4.78, 5) is 0. The molecule has 1 aromatic carbocycles. The van der Waals surface area contributed by atoms with Gasteiger partial charge in [-0.15, -0.1) is 0 Å². The maximum atomic E-state index is 3.40. The number of rotatable bonds is 0. The van der Waals surface area contributed by atoms with Crippen LogP contribution in [0.5, 0.6) is 0 Å². The number of H-pyrrole nitrogens is 1. The molecule has 52 valence electrons. The summed E-state index contributed by atoms with van der Waals surface area (Å²) >= 11 is 3.40. The lowest BCUT2D eigenvalue weighted by Gasteiger charge is -2.11. The van der Waals surface area contributed by atoms with E-state index in [-0.39, 0.29) is 0 Å². The second kappa shape index (κ2) is 1.89. The van der Waals surface area contributed by atoms with Crippen molar-refractivity contribution in [2.24, 2.45) is 7.05 Å². The molecule has 0 amide bonds. The van der Waals surface area contributed by atoms with Crippen LogP contribution in [0.4, 0.5) is 0 Å². The number of halogens is 1. The number of aromatic nitrogens is 2. The second-order valence-electron chi connectivity index (χ2n) is 2.33. The molecular formula is C7H7BrN2. The summed E-state index contributed by atoms with van der Waals surface area (Å²) in [5.74, 6) is 0. The van der Waals surface area contributed by atoms with Crippen molar-refractivity contribution in [3.05, 3.63) is 22.7 Å². The fourth-order valence-corrected chi connectivity index (χ4v) is 1.41. The summed E-state index contributed by atoms with van der Waals surface area (Å²) in [7, 11) is 1.99. The lowest BCUT2D eigenvalue weighted by Crippen LogP contribution is -2.04. The Labute approximate surface area is 66.9 Å². The Morgan fingerprint density at radius 1 is 1.50 bits per heavy atom. The molecule has 2 nitrogen and oxygen atoms in total. The Hall–Kier alpha value is -0.700. The largest absolute Gasteiger partial charge is 0.296 e. The average molecular weight is 199 g/mol. The highest BCUT2D eigenvalue weighted by Crippen LogP contribution is 2.18. The van der Waals surface area contributed by atoms with E-state index in [1.807, 2.05) is 17.8 Å². The lowest BCUT2D eigenvalue weighted by molar-refractivity contribution is 0.762. The second-order valence-corrected chi connectivity index (χ2v) is 3.25. The molecule has 2 aromatic rings. The molecule has 2 rings (SSSR count). The molecular weight excluding hydrogens is 192 g/mol.